The molecule has 0 aromatic rings. The number of rotatable bonds is 0. The summed E-state index contributed by atoms with van der Waals surface area (Å²) >= 11 is 0. The van der Waals surface area contributed by atoms with Crippen molar-refractivity contribution in [3.8, 4) is 0 Å². The van der Waals surface area contributed by atoms with E-state index in [9.17, 15) is 0 Å². The topological polar surface area (TPSA) is 351 Å². The molecule has 0 saturated heterocycles. The Balaban J connectivity index is -0.0000000225. The standard InChI is InChI=1S/3Na.4H3O4P.H2O/c;;;4*1-5(2,3)4;/h;;;4*(H3,1,2,3,4);1H2/q3*+1;;;;;/p-3. The molecule has 0 rings (SSSR count). The van der Waals surface area contributed by atoms with Crippen LogP contribution in [0.1, 0.15) is 0 Å². The Kier molecular flexibility index (Phi) is 48.0. The van der Waals surface area contributed by atoms with Gasteiger partial charge in [0.15, 0.2) is 0 Å². The molecule has 0 aliphatic rings. The molecule has 0 heterocycles. The van der Waals surface area contributed by atoms with Gasteiger partial charge in [-0.3, -0.25) is 0 Å². The molecule has 24 heavy (non-hydrogen) atoms. The first-order valence-corrected chi connectivity index (χ1v) is 9.23. The van der Waals surface area contributed by atoms with Crippen molar-refractivity contribution in [1.82, 2.24) is 0 Å². The van der Waals surface area contributed by atoms with Gasteiger partial charge in [0.25, 0.3) is 0 Å². The van der Waals surface area contributed by atoms with Crippen LogP contribution in [-0.2, 0) is 18.3 Å². The molecule has 0 bridgehead atoms. The van der Waals surface area contributed by atoms with Gasteiger partial charge in [-0.25, -0.2) is 13.7 Å². The summed E-state index contributed by atoms with van der Waals surface area (Å²) in [5, 5.41) is 0. The SMILES string of the molecule is O.O=P(O)(O)O.O=P(O)(O)O.O=P(O)(O)O.O=P([O-])([O-])[O-].[Na+].[Na+].[Na+]. The van der Waals surface area contributed by atoms with Gasteiger partial charge in [0, 0.05) is 0 Å². The first-order chi connectivity index (χ1) is 8.00. The first-order valence-electron chi connectivity index (χ1n) is 3.08. The zero-order valence-corrected chi connectivity index (χ0v) is 21.7. The largest absolute Gasteiger partial charge is 1.00 e. The molecular formula is H11Na3O17P4. The fraction of sp³-hybridized carbons (Fsp3) is 0. The minimum Gasteiger partial charge on any atom is -0.822 e. The third-order valence-electron chi connectivity index (χ3n) is 0. The van der Waals surface area contributed by atoms with Gasteiger partial charge >= 0.3 is 112 Å². The average molecular weight is 476 g/mol. The molecule has 24 heteroatoms. The molecule has 136 valence electrons. The number of hydrogen-bond donors (Lipinski definition) is 9. The van der Waals surface area contributed by atoms with Crippen LogP contribution in [0.4, 0.5) is 0 Å². The quantitative estimate of drug-likeness (QED) is 0.116. The number of phosphoric acid groups is 4. The van der Waals surface area contributed by atoms with Crippen molar-refractivity contribution in [2.75, 3.05) is 0 Å². The molecule has 0 aromatic heterocycles. The summed E-state index contributed by atoms with van der Waals surface area (Å²) in [6, 6.07) is 0. The summed E-state index contributed by atoms with van der Waals surface area (Å²) in [6.45, 7) is 0. The molecule has 0 unspecified atom stereocenters. The van der Waals surface area contributed by atoms with E-state index in [1.807, 2.05) is 0 Å². The van der Waals surface area contributed by atoms with Gasteiger partial charge in [0.05, 0.1) is 0 Å². The van der Waals surface area contributed by atoms with E-state index in [0.29, 0.717) is 0 Å². The zero-order chi connectivity index (χ0) is 18.0. The molecule has 0 aromatic carbocycles. The van der Waals surface area contributed by atoms with Crippen molar-refractivity contribution in [1.29, 1.82) is 0 Å². The third kappa shape index (κ3) is 1310. The Morgan fingerprint density at radius 1 is 0.458 bits per heavy atom. The molecule has 0 aliphatic carbocycles. The van der Waals surface area contributed by atoms with Crippen LogP contribution in [0.5, 0.6) is 0 Å². The molecular weight excluding hydrogens is 465 g/mol. The summed E-state index contributed by atoms with van der Waals surface area (Å²) in [4.78, 5) is 90.3. The third-order valence-corrected chi connectivity index (χ3v) is 0. The van der Waals surface area contributed by atoms with Crippen molar-refractivity contribution >= 4 is 31.3 Å². The van der Waals surface area contributed by atoms with Gasteiger partial charge in [0.1, 0.15) is 0 Å². The van der Waals surface area contributed by atoms with Crippen LogP contribution in [0.2, 0.25) is 0 Å². The molecule has 0 spiro atoms. The van der Waals surface area contributed by atoms with Crippen molar-refractivity contribution in [3.63, 3.8) is 0 Å². The van der Waals surface area contributed by atoms with E-state index in [1.54, 1.807) is 0 Å². The predicted molar refractivity (Wildman–Crippen MR) is 54.0 cm³/mol. The molecule has 0 fully saturated rings. The van der Waals surface area contributed by atoms with E-state index in [0.717, 1.165) is 0 Å². The maximum Gasteiger partial charge on any atom is 1.00 e. The van der Waals surface area contributed by atoms with Gasteiger partial charge in [-0.2, -0.15) is 7.82 Å². The normalized spacial score (nSPS) is 9.83. The maximum atomic E-state index is 8.88. The van der Waals surface area contributed by atoms with Crippen molar-refractivity contribution in [3.05, 3.63) is 0 Å². The molecule has 0 atom stereocenters. The molecule has 0 radical (unpaired) electrons. The second-order valence-electron chi connectivity index (χ2n) is 1.99. The zero-order valence-electron chi connectivity index (χ0n) is 12.2. The summed E-state index contributed by atoms with van der Waals surface area (Å²) in [7, 11) is -19.3. The van der Waals surface area contributed by atoms with Crippen molar-refractivity contribution in [2.24, 2.45) is 0 Å². The van der Waals surface area contributed by atoms with Gasteiger partial charge < -0.3 is 68.8 Å². The predicted octanol–water partition coefficient (Wildman–Crippen LogP) is -15.4. The fourth-order valence-corrected chi connectivity index (χ4v) is 0. The Hall–Kier alpha value is 3.40. The van der Waals surface area contributed by atoms with Crippen LogP contribution in [0.15, 0.2) is 0 Å². The molecule has 0 saturated carbocycles. The van der Waals surface area contributed by atoms with Crippen molar-refractivity contribution < 1.29 is 171 Å². The summed E-state index contributed by atoms with van der Waals surface area (Å²) in [6.07, 6.45) is 0. The maximum absolute atomic E-state index is 8.88. The summed E-state index contributed by atoms with van der Waals surface area (Å²) in [5.41, 5.74) is 0. The van der Waals surface area contributed by atoms with E-state index in [1.165, 1.54) is 0 Å². The second kappa shape index (κ2) is 22.7. The van der Waals surface area contributed by atoms with Crippen LogP contribution in [0.25, 0.3) is 0 Å². The van der Waals surface area contributed by atoms with Gasteiger partial charge in [-0.05, 0) is 0 Å². The smallest absolute Gasteiger partial charge is 0.822 e. The Morgan fingerprint density at radius 2 is 0.458 bits per heavy atom. The van der Waals surface area contributed by atoms with Crippen LogP contribution in [0, 0.1) is 0 Å². The molecule has 0 amide bonds. The van der Waals surface area contributed by atoms with Crippen LogP contribution in [0.3, 0.4) is 0 Å². The number of hydrogen-bond acceptors (Lipinski definition) is 7. The van der Waals surface area contributed by atoms with Crippen molar-refractivity contribution in [2.45, 2.75) is 0 Å². The Labute approximate surface area is 200 Å². The Bertz CT molecular complexity index is 292. The summed E-state index contributed by atoms with van der Waals surface area (Å²) in [5.74, 6) is 0. The monoisotopic (exact) mass is 476 g/mol. The van der Waals surface area contributed by atoms with Gasteiger partial charge in [-0.15, -0.1) is 0 Å². The first kappa shape index (κ1) is 50.7. The van der Waals surface area contributed by atoms with E-state index < -0.39 is 31.3 Å². The minimum atomic E-state index is -5.39. The van der Waals surface area contributed by atoms with Gasteiger partial charge in [-0.1, -0.05) is 0 Å². The van der Waals surface area contributed by atoms with E-state index in [-0.39, 0.29) is 94.1 Å². The second-order valence-corrected chi connectivity index (χ2v) is 5.96. The van der Waals surface area contributed by atoms with Gasteiger partial charge in [0.2, 0.25) is 0 Å². The fourth-order valence-electron chi connectivity index (χ4n) is 0. The summed E-state index contributed by atoms with van der Waals surface area (Å²) < 4.78 is 35.2. The van der Waals surface area contributed by atoms with E-state index >= 15 is 0 Å². The Morgan fingerprint density at radius 3 is 0.458 bits per heavy atom. The van der Waals surface area contributed by atoms with Crippen LogP contribution >= 0.6 is 31.3 Å². The average Bonchev–Trinajstić information content (AvgIpc) is 1.62. The molecule has 17 nitrogen and oxygen atoms in total. The van der Waals surface area contributed by atoms with E-state index in [2.05, 4.69) is 0 Å². The minimum absolute atomic E-state index is 0. The van der Waals surface area contributed by atoms with Crippen LogP contribution in [-0.4, -0.2) is 49.5 Å². The van der Waals surface area contributed by atoms with Crippen LogP contribution < -0.4 is 103 Å². The van der Waals surface area contributed by atoms with E-state index in [4.69, 9.17) is 77.0 Å². The molecule has 11 N–H and O–H groups in total. The molecule has 0 aliphatic heterocycles.